The first-order valence-corrected chi connectivity index (χ1v) is 8.51. The molecule has 0 bridgehead atoms. The highest BCUT2D eigenvalue weighted by atomic mass is 16.5. The zero-order chi connectivity index (χ0) is 16.5. The third-order valence-electron chi connectivity index (χ3n) is 5.09. The van der Waals surface area contributed by atoms with Crippen molar-refractivity contribution in [3.05, 3.63) is 48.2 Å². The summed E-state index contributed by atoms with van der Waals surface area (Å²) in [7, 11) is 1.88. The van der Waals surface area contributed by atoms with E-state index in [0.717, 1.165) is 38.1 Å². The Balaban J connectivity index is 1.48. The molecule has 2 aliphatic rings. The fraction of sp³-hybridized carbons (Fsp3) is 0.500. The number of carbonyl (C=O) groups excluding carboxylic acids is 1. The van der Waals surface area contributed by atoms with E-state index in [0.29, 0.717) is 11.7 Å². The van der Waals surface area contributed by atoms with E-state index in [1.165, 1.54) is 0 Å². The highest BCUT2D eigenvalue weighted by Gasteiger charge is 2.44. The van der Waals surface area contributed by atoms with Gasteiger partial charge in [0.2, 0.25) is 0 Å². The maximum absolute atomic E-state index is 12.6. The molecule has 6 heteroatoms. The van der Waals surface area contributed by atoms with Crippen LogP contribution in [0.5, 0.6) is 0 Å². The van der Waals surface area contributed by atoms with Gasteiger partial charge in [-0.2, -0.15) is 0 Å². The van der Waals surface area contributed by atoms with Crippen LogP contribution in [-0.2, 0) is 18.3 Å². The normalized spacial score (nSPS) is 27.1. The Labute approximate surface area is 141 Å². The second-order valence-corrected chi connectivity index (χ2v) is 6.69. The number of nitrogens with one attached hydrogen (secondary N) is 1. The Morgan fingerprint density at radius 2 is 2.33 bits per heavy atom. The van der Waals surface area contributed by atoms with Crippen LogP contribution in [0.1, 0.15) is 28.9 Å². The largest absolute Gasteiger partial charge is 0.472 e. The number of nitrogens with zero attached hydrogens (tertiary/aromatic N) is 2. The van der Waals surface area contributed by atoms with Crippen LogP contribution in [0.2, 0.25) is 0 Å². The van der Waals surface area contributed by atoms with Crippen LogP contribution in [0.15, 0.2) is 41.3 Å². The van der Waals surface area contributed by atoms with Crippen LogP contribution < -0.4 is 5.32 Å². The number of fused-ring (bicyclic) bond motifs is 1. The maximum atomic E-state index is 12.6. The summed E-state index contributed by atoms with van der Waals surface area (Å²) in [6, 6.07) is 6.09. The van der Waals surface area contributed by atoms with E-state index >= 15 is 0 Å². The topological polar surface area (TPSA) is 59.6 Å². The molecule has 4 heterocycles. The van der Waals surface area contributed by atoms with Gasteiger partial charge in [0.05, 0.1) is 24.7 Å². The number of carbonyl (C=O) groups is 1. The van der Waals surface area contributed by atoms with Crippen LogP contribution in [0.3, 0.4) is 0 Å². The Bertz CT molecular complexity index is 694. The third kappa shape index (κ3) is 2.87. The lowest BCUT2D eigenvalue weighted by Gasteiger charge is -2.32. The molecular weight excluding hydrogens is 306 g/mol. The Morgan fingerprint density at radius 3 is 3.08 bits per heavy atom. The molecule has 2 saturated heterocycles. The molecule has 24 heavy (non-hydrogen) atoms. The molecule has 2 aromatic heterocycles. The molecule has 3 atom stereocenters. The molecular formula is C18H23N3O3. The van der Waals surface area contributed by atoms with Gasteiger partial charge in [-0.05, 0) is 31.0 Å². The molecule has 2 fully saturated rings. The average molecular weight is 329 g/mol. The second-order valence-electron chi connectivity index (χ2n) is 6.69. The number of aryl methyl sites for hydroxylation is 1. The summed E-state index contributed by atoms with van der Waals surface area (Å²) in [4.78, 5) is 15.0. The highest BCUT2D eigenvalue weighted by molar-refractivity contribution is 5.93. The van der Waals surface area contributed by atoms with Gasteiger partial charge >= 0.3 is 0 Å². The first-order chi connectivity index (χ1) is 11.7. The zero-order valence-electron chi connectivity index (χ0n) is 13.9. The zero-order valence-corrected chi connectivity index (χ0v) is 13.9. The van der Waals surface area contributed by atoms with Crippen molar-refractivity contribution in [2.75, 3.05) is 13.2 Å². The lowest BCUT2D eigenvalue weighted by Crippen LogP contribution is -2.47. The van der Waals surface area contributed by atoms with Gasteiger partial charge in [-0.3, -0.25) is 9.69 Å². The molecule has 1 amide bonds. The van der Waals surface area contributed by atoms with Gasteiger partial charge in [-0.1, -0.05) is 0 Å². The van der Waals surface area contributed by atoms with E-state index in [1.54, 1.807) is 12.5 Å². The summed E-state index contributed by atoms with van der Waals surface area (Å²) >= 11 is 0. The molecule has 4 rings (SSSR count). The van der Waals surface area contributed by atoms with Crippen LogP contribution in [-0.4, -0.2) is 46.7 Å². The molecule has 0 aliphatic carbocycles. The summed E-state index contributed by atoms with van der Waals surface area (Å²) in [5, 5.41) is 3.18. The molecule has 0 spiro atoms. The van der Waals surface area contributed by atoms with Gasteiger partial charge in [-0.25, -0.2) is 0 Å². The van der Waals surface area contributed by atoms with Gasteiger partial charge in [0.25, 0.3) is 5.91 Å². The first kappa shape index (κ1) is 15.5. The summed E-state index contributed by atoms with van der Waals surface area (Å²) in [6.45, 7) is 2.41. The minimum Gasteiger partial charge on any atom is -0.472 e. The van der Waals surface area contributed by atoms with Crippen molar-refractivity contribution in [1.82, 2.24) is 14.8 Å². The fourth-order valence-electron chi connectivity index (χ4n) is 3.92. The Kier molecular flexibility index (Phi) is 4.16. The Morgan fingerprint density at radius 1 is 1.42 bits per heavy atom. The standard InChI is InChI=1S/C18H23N3O3/c1-20-7-2-4-16(20)18(22)19-14-11-21(10-13-6-9-23-12-13)15-5-3-8-24-17(14)15/h2,4,6-7,9,12,14-15,17H,3,5,8,10-11H2,1H3,(H,19,22)/t14-,15+,17+/m0/s1. The summed E-state index contributed by atoms with van der Waals surface area (Å²) in [5.41, 5.74) is 1.84. The van der Waals surface area contributed by atoms with Crippen LogP contribution in [0.25, 0.3) is 0 Å². The van der Waals surface area contributed by atoms with E-state index < -0.39 is 0 Å². The predicted octanol–water partition coefficient (Wildman–Crippen LogP) is 1.78. The molecule has 128 valence electrons. The number of hydrogen-bond acceptors (Lipinski definition) is 4. The molecule has 0 saturated carbocycles. The van der Waals surface area contributed by atoms with Crippen molar-refractivity contribution < 1.29 is 13.9 Å². The molecule has 2 aliphatic heterocycles. The van der Waals surface area contributed by atoms with Crippen LogP contribution in [0, 0.1) is 0 Å². The minimum atomic E-state index is -0.0365. The van der Waals surface area contributed by atoms with Crippen LogP contribution in [0.4, 0.5) is 0 Å². The number of aromatic nitrogens is 1. The number of amides is 1. The molecule has 6 nitrogen and oxygen atoms in total. The van der Waals surface area contributed by atoms with Gasteiger partial charge in [-0.15, -0.1) is 0 Å². The molecule has 1 N–H and O–H groups in total. The van der Waals surface area contributed by atoms with Crippen molar-refractivity contribution in [3.8, 4) is 0 Å². The monoisotopic (exact) mass is 329 g/mol. The molecule has 0 aromatic carbocycles. The Hall–Kier alpha value is -2.05. The van der Waals surface area contributed by atoms with Gasteiger partial charge in [0, 0.05) is 44.5 Å². The van der Waals surface area contributed by atoms with E-state index in [4.69, 9.17) is 9.15 Å². The number of furan rings is 1. The number of rotatable bonds is 4. The van der Waals surface area contributed by atoms with E-state index in [1.807, 2.05) is 36.0 Å². The smallest absolute Gasteiger partial charge is 0.268 e. The third-order valence-corrected chi connectivity index (χ3v) is 5.09. The van der Waals surface area contributed by atoms with Gasteiger partial charge < -0.3 is 19.0 Å². The van der Waals surface area contributed by atoms with Gasteiger partial charge in [0.15, 0.2) is 0 Å². The molecule has 0 unspecified atom stereocenters. The number of likely N-dealkylation sites (tertiary alicyclic amines) is 1. The van der Waals surface area contributed by atoms with E-state index in [9.17, 15) is 4.79 Å². The number of hydrogen-bond donors (Lipinski definition) is 1. The lowest BCUT2D eigenvalue weighted by atomic mass is 10.0. The quantitative estimate of drug-likeness (QED) is 0.929. The first-order valence-electron chi connectivity index (χ1n) is 8.51. The highest BCUT2D eigenvalue weighted by Crippen LogP contribution is 2.30. The van der Waals surface area contributed by atoms with E-state index in [2.05, 4.69) is 10.2 Å². The lowest BCUT2D eigenvalue weighted by molar-refractivity contribution is -0.0211. The van der Waals surface area contributed by atoms with Crippen molar-refractivity contribution in [1.29, 1.82) is 0 Å². The predicted molar refractivity (Wildman–Crippen MR) is 88.5 cm³/mol. The van der Waals surface area contributed by atoms with Crippen molar-refractivity contribution in [2.45, 2.75) is 37.6 Å². The molecule has 2 aromatic rings. The average Bonchev–Trinajstić information content (AvgIpc) is 3.30. The SMILES string of the molecule is Cn1cccc1C(=O)N[C@H]1CN(Cc2ccoc2)[C@@H]2CCCO[C@H]12. The van der Waals surface area contributed by atoms with Gasteiger partial charge in [0.1, 0.15) is 5.69 Å². The second kappa shape index (κ2) is 6.45. The van der Waals surface area contributed by atoms with Crippen LogP contribution >= 0.6 is 0 Å². The summed E-state index contributed by atoms with van der Waals surface area (Å²) < 4.78 is 13.0. The van der Waals surface area contributed by atoms with E-state index in [-0.39, 0.29) is 18.1 Å². The minimum absolute atomic E-state index is 0.0181. The fourth-order valence-corrected chi connectivity index (χ4v) is 3.92. The van der Waals surface area contributed by atoms with Crippen molar-refractivity contribution in [3.63, 3.8) is 0 Å². The molecule has 0 radical (unpaired) electrons. The van der Waals surface area contributed by atoms with Crippen molar-refractivity contribution in [2.24, 2.45) is 7.05 Å². The summed E-state index contributed by atoms with van der Waals surface area (Å²) in [6.07, 6.45) is 7.62. The summed E-state index contributed by atoms with van der Waals surface area (Å²) in [5.74, 6) is -0.0365. The number of ether oxygens (including phenoxy) is 1. The van der Waals surface area contributed by atoms with Crippen molar-refractivity contribution >= 4 is 5.91 Å². The maximum Gasteiger partial charge on any atom is 0.268 e.